The van der Waals surface area contributed by atoms with Gasteiger partial charge >= 0.3 is 6.09 Å². The van der Waals surface area contributed by atoms with Crippen LogP contribution in [0.15, 0.2) is 72.8 Å². The van der Waals surface area contributed by atoms with Gasteiger partial charge in [-0.1, -0.05) is 83.1 Å². The van der Waals surface area contributed by atoms with Crippen LogP contribution in [0.2, 0.25) is 0 Å². The first kappa shape index (κ1) is 31.6. The molecule has 0 saturated carbocycles. The molecule has 2 N–H and O–H groups in total. The van der Waals surface area contributed by atoms with Crippen LogP contribution < -0.4 is 15.4 Å². The molecule has 3 aromatic carbocycles. The maximum atomic E-state index is 14.4. The van der Waals surface area contributed by atoms with Crippen LogP contribution in [0.5, 0.6) is 5.75 Å². The monoisotopic (exact) mass is 585 g/mol. The summed E-state index contributed by atoms with van der Waals surface area (Å²) in [5.41, 5.74) is 9.08. The Balaban J connectivity index is 1.79. The number of hydrogen-bond donors (Lipinski definition) is 1. The van der Waals surface area contributed by atoms with Gasteiger partial charge in [0.15, 0.2) is 0 Å². The van der Waals surface area contributed by atoms with Gasteiger partial charge in [-0.2, -0.15) is 0 Å². The van der Waals surface area contributed by atoms with E-state index in [0.29, 0.717) is 42.1 Å². The molecule has 8 nitrogen and oxygen atoms in total. The first-order valence-corrected chi connectivity index (χ1v) is 14.8. The summed E-state index contributed by atoms with van der Waals surface area (Å²) in [4.78, 5) is 44.2. The van der Waals surface area contributed by atoms with Crippen LogP contribution in [-0.2, 0) is 27.2 Å². The lowest BCUT2D eigenvalue weighted by Gasteiger charge is -2.33. The maximum absolute atomic E-state index is 14.4. The number of hydrogen-bond acceptors (Lipinski definition) is 6. The third-order valence-electron chi connectivity index (χ3n) is 7.56. The summed E-state index contributed by atoms with van der Waals surface area (Å²) in [6, 6.07) is 22.2. The zero-order valence-electron chi connectivity index (χ0n) is 26.0. The summed E-state index contributed by atoms with van der Waals surface area (Å²) in [6.07, 6.45) is 0.166. The second kappa shape index (κ2) is 13.3. The fraction of sp³-hybridized carbons (Fsp3) is 0.400. The quantitative estimate of drug-likeness (QED) is 0.283. The Morgan fingerprint density at radius 3 is 2.30 bits per heavy atom. The van der Waals surface area contributed by atoms with Gasteiger partial charge < -0.3 is 20.1 Å². The predicted octanol–water partition coefficient (Wildman–Crippen LogP) is 6.23. The summed E-state index contributed by atoms with van der Waals surface area (Å²) in [5.74, 6) is -0.422. The van der Waals surface area contributed by atoms with Gasteiger partial charge in [0.05, 0.1) is 24.8 Å². The Labute approximate surface area is 254 Å². The van der Waals surface area contributed by atoms with Crippen LogP contribution in [0.1, 0.15) is 57.2 Å². The van der Waals surface area contributed by atoms with Gasteiger partial charge in [0.1, 0.15) is 12.4 Å². The Hall–Kier alpha value is -4.33. The number of carbonyl (C=O) groups excluding carboxylic acids is 3. The van der Waals surface area contributed by atoms with Gasteiger partial charge in [-0.05, 0) is 59.7 Å². The van der Waals surface area contributed by atoms with Gasteiger partial charge in [-0.3, -0.25) is 9.59 Å². The van der Waals surface area contributed by atoms with E-state index in [9.17, 15) is 14.4 Å². The molecule has 0 aliphatic carbocycles. The normalized spacial score (nSPS) is 15.7. The number of amides is 3. The molecule has 1 aliphatic heterocycles. The lowest BCUT2D eigenvalue weighted by atomic mass is 9.88. The zero-order chi connectivity index (χ0) is 31.3. The lowest BCUT2D eigenvalue weighted by molar-refractivity contribution is -0.130. The van der Waals surface area contributed by atoms with Crippen LogP contribution in [0, 0.1) is 11.3 Å². The molecular weight excluding hydrogens is 542 g/mol. The minimum Gasteiger partial charge on any atom is -0.495 e. The van der Waals surface area contributed by atoms with Gasteiger partial charge in [-0.25, -0.2) is 9.69 Å². The van der Waals surface area contributed by atoms with Crippen LogP contribution >= 0.6 is 0 Å². The zero-order valence-corrected chi connectivity index (χ0v) is 26.0. The van der Waals surface area contributed by atoms with Crippen molar-refractivity contribution in [1.29, 1.82) is 0 Å². The molecule has 0 aromatic heterocycles. The average molecular weight is 586 g/mol. The summed E-state index contributed by atoms with van der Waals surface area (Å²) in [6.45, 7) is 10.4. The van der Waals surface area contributed by atoms with E-state index < -0.39 is 23.5 Å². The van der Waals surface area contributed by atoms with Gasteiger partial charge in [-0.15, -0.1) is 0 Å². The van der Waals surface area contributed by atoms with Crippen molar-refractivity contribution in [2.45, 2.75) is 59.4 Å². The number of imide groups is 1. The van der Waals surface area contributed by atoms with Crippen LogP contribution in [0.4, 0.5) is 16.2 Å². The largest absolute Gasteiger partial charge is 0.495 e. The fourth-order valence-corrected chi connectivity index (χ4v) is 5.37. The summed E-state index contributed by atoms with van der Waals surface area (Å²) in [7, 11) is 1.57. The summed E-state index contributed by atoms with van der Waals surface area (Å²) >= 11 is 0. The number of carbonyl (C=O) groups is 3. The van der Waals surface area contributed by atoms with Crippen LogP contribution in [-0.4, -0.2) is 49.1 Å². The Morgan fingerprint density at radius 1 is 1.02 bits per heavy atom. The summed E-state index contributed by atoms with van der Waals surface area (Å²) < 4.78 is 11.1. The van der Waals surface area contributed by atoms with E-state index in [4.69, 9.17) is 15.2 Å². The van der Waals surface area contributed by atoms with Crippen LogP contribution in [0.3, 0.4) is 0 Å². The van der Waals surface area contributed by atoms with Gasteiger partial charge in [0.25, 0.3) is 0 Å². The second-order valence-electron chi connectivity index (χ2n) is 12.6. The van der Waals surface area contributed by atoms with Gasteiger partial charge in [0, 0.05) is 17.6 Å². The maximum Gasteiger partial charge on any atom is 0.417 e. The van der Waals surface area contributed by atoms with E-state index in [1.807, 2.05) is 75.4 Å². The molecule has 1 aliphatic rings. The van der Waals surface area contributed by atoms with E-state index in [1.54, 1.807) is 30.2 Å². The Morgan fingerprint density at radius 2 is 1.70 bits per heavy atom. The number of nitrogen functional groups attached to an aromatic ring is 1. The average Bonchev–Trinajstić information content (AvgIpc) is 3.33. The first-order valence-electron chi connectivity index (χ1n) is 14.8. The predicted molar refractivity (Wildman–Crippen MR) is 169 cm³/mol. The number of nitrogens with two attached hydrogens (primary N) is 1. The third kappa shape index (κ3) is 7.55. The number of anilines is 2. The number of rotatable bonds is 10. The molecule has 3 amide bonds. The summed E-state index contributed by atoms with van der Waals surface area (Å²) in [5, 5.41) is 0. The molecule has 8 heteroatoms. The molecule has 43 heavy (non-hydrogen) atoms. The lowest BCUT2D eigenvalue weighted by Crippen LogP contribution is -2.43. The van der Waals surface area contributed by atoms with Crippen molar-refractivity contribution >= 4 is 29.3 Å². The number of methoxy groups -OCH3 is 1. The Bertz CT molecular complexity index is 1430. The van der Waals surface area contributed by atoms with E-state index in [2.05, 4.69) is 13.8 Å². The van der Waals surface area contributed by atoms with E-state index >= 15 is 0 Å². The number of cyclic esters (lactones) is 1. The molecule has 1 saturated heterocycles. The molecule has 0 bridgehead atoms. The molecule has 0 unspecified atom stereocenters. The van der Waals surface area contributed by atoms with E-state index in [-0.39, 0.29) is 24.3 Å². The SMILES string of the molecule is COc1ccc([C@H](Cc2ccc(N)cc2)C(=O)N2C(=O)OC[C@@H]2Cc2ccccc2)cc1N(CC(C)C)C(=O)C(C)(C)C. The molecule has 1 fully saturated rings. The smallest absolute Gasteiger partial charge is 0.417 e. The number of ether oxygens (including phenoxy) is 2. The molecule has 0 radical (unpaired) electrons. The molecule has 4 rings (SSSR count). The molecule has 0 spiro atoms. The van der Waals surface area contributed by atoms with Crippen molar-refractivity contribution in [1.82, 2.24) is 4.90 Å². The third-order valence-corrected chi connectivity index (χ3v) is 7.56. The van der Waals surface area contributed by atoms with Crippen molar-refractivity contribution in [2.75, 3.05) is 30.9 Å². The molecular formula is C35H43N3O5. The first-order chi connectivity index (χ1) is 20.4. The minimum absolute atomic E-state index is 0.0518. The van der Waals surface area contributed by atoms with Crippen molar-refractivity contribution < 1.29 is 23.9 Å². The fourth-order valence-electron chi connectivity index (χ4n) is 5.37. The minimum atomic E-state index is -0.733. The standard InChI is InChI=1S/C35H43N3O5/c1-23(2)21-37(33(40)35(3,4)5)30-20-26(14-17-31(30)42-6)29(19-25-12-15-27(36)16-13-25)32(39)38-28(22-43-34(38)41)18-24-10-8-7-9-11-24/h7-17,20,23,28-29H,18-19,21-22,36H2,1-6H3/t28-,29-/m0/s1. The number of nitrogens with zero attached hydrogens (tertiary/aromatic N) is 2. The highest BCUT2D eigenvalue weighted by atomic mass is 16.6. The van der Waals surface area contributed by atoms with Crippen molar-refractivity contribution in [3.8, 4) is 5.75 Å². The Kier molecular flexibility index (Phi) is 9.79. The highest BCUT2D eigenvalue weighted by Gasteiger charge is 2.41. The van der Waals surface area contributed by atoms with Crippen molar-refractivity contribution in [3.05, 3.63) is 89.5 Å². The molecule has 3 aromatic rings. The second-order valence-corrected chi connectivity index (χ2v) is 12.6. The number of benzene rings is 3. The highest BCUT2D eigenvalue weighted by molar-refractivity contribution is 6.00. The topological polar surface area (TPSA) is 102 Å². The van der Waals surface area contributed by atoms with E-state index in [0.717, 1.165) is 11.1 Å². The van der Waals surface area contributed by atoms with E-state index in [1.165, 1.54) is 4.90 Å². The van der Waals surface area contributed by atoms with Crippen molar-refractivity contribution in [2.24, 2.45) is 11.3 Å². The highest BCUT2D eigenvalue weighted by Crippen LogP contribution is 2.37. The molecule has 1 heterocycles. The van der Waals surface area contributed by atoms with Gasteiger partial charge in [0.2, 0.25) is 11.8 Å². The van der Waals surface area contributed by atoms with Crippen LogP contribution in [0.25, 0.3) is 0 Å². The molecule has 2 atom stereocenters. The molecule has 228 valence electrons. The van der Waals surface area contributed by atoms with Crippen molar-refractivity contribution in [3.63, 3.8) is 0 Å².